The highest BCUT2D eigenvalue weighted by atomic mass is 35.5. The number of hydrogen-bond acceptors (Lipinski definition) is 4. The number of morpholine rings is 1. The highest BCUT2D eigenvalue weighted by Gasteiger charge is 2.12. The molecule has 0 atom stereocenters. The minimum atomic E-state index is -0.292. The Labute approximate surface area is 168 Å². The average Bonchev–Trinajstić information content (AvgIpc) is 2.70. The number of carbonyl (C=O) groups excluding carboxylic acids is 1. The Hall–Kier alpha value is -1.76. The summed E-state index contributed by atoms with van der Waals surface area (Å²) in [5.41, 5.74) is 2.25. The quantitative estimate of drug-likeness (QED) is 0.703. The van der Waals surface area contributed by atoms with Crippen molar-refractivity contribution in [2.75, 3.05) is 43.5 Å². The summed E-state index contributed by atoms with van der Waals surface area (Å²) in [4.78, 5) is 14.5. The molecule has 144 valence electrons. The number of thioether (sulfide) groups is 1. The van der Waals surface area contributed by atoms with E-state index in [1.54, 1.807) is 12.1 Å². The summed E-state index contributed by atoms with van der Waals surface area (Å²) in [6.45, 7) is 3.72. The molecule has 0 spiro atoms. The number of rotatable bonds is 7. The molecule has 0 bridgehead atoms. The van der Waals surface area contributed by atoms with E-state index in [0.29, 0.717) is 34.2 Å². The molecule has 2 aromatic carbocycles. The lowest BCUT2D eigenvalue weighted by molar-refractivity contribution is 0.0956. The van der Waals surface area contributed by atoms with Crippen LogP contribution in [0.1, 0.15) is 15.9 Å². The van der Waals surface area contributed by atoms with Crippen LogP contribution in [0.4, 0.5) is 10.1 Å². The number of amides is 1. The fourth-order valence-electron chi connectivity index (χ4n) is 2.83. The molecule has 0 aliphatic carbocycles. The van der Waals surface area contributed by atoms with Crippen LogP contribution in [-0.4, -0.2) is 44.5 Å². The molecule has 1 amide bonds. The molecule has 1 heterocycles. The lowest BCUT2D eigenvalue weighted by Crippen LogP contribution is -2.36. The minimum absolute atomic E-state index is 0.104. The van der Waals surface area contributed by atoms with Crippen molar-refractivity contribution in [3.63, 3.8) is 0 Å². The fraction of sp³-hybridized carbons (Fsp3) is 0.350. The minimum Gasteiger partial charge on any atom is -0.378 e. The second-order valence-electron chi connectivity index (χ2n) is 6.15. The Bertz CT molecular complexity index is 747. The smallest absolute Gasteiger partial charge is 0.251 e. The van der Waals surface area contributed by atoms with Crippen molar-refractivity contribution in [2.45, 2.75) is 5.75 Å². The molecule has 0 aromatic heterocycles. The molecule has 27 heavy (non-hydrogen) atoms. The Balaban J connectivity index is 1.41. The third-order valence-electron chi connectivity index (χ3n) is 4.35. The number of benzene rings is 2. The molecule has 1 aliphatic rings. The van der Waals surface area contributed by atoms with E-state index >= 15 is 0 Å². The Morgan fingerprint density at radius 3 is 2.63 bits per heavy atom. The zero-order valence-electron chi connectivity index (χ0n) is 14.9. The summed E-state index contributed by atoms with van der Waals surface area (Å²) < 4.78 is 19.1. The molecule has 3 rings (SSSR count). The third kappa shape index (κ3) is 5.61. The number of nitrogens with zero attached hydrogens (tertiary/aromatic N) is 1. The zero-order chi connectivity index (χ0) is 19.1. The molecule has 1 N–H and O–H groups in total. The predicted molar refractivity (Wildman–Crippen MR) is 109 cm³/mol. The summed E-state index contributed by atoms with van der Waals surface area (Å²) >= 11 is 7.54. The van der Waals surface area contributed by atoms with Gasteiger partial charge in [0.05, 0.1) is 13.2 Å². The first-order valence-corrected chi connectivity index (χ1v) is 10.4. The van der Waals surface area contributed by atoms with Gasteiger partial charge in [0.1, 0.15) is 5.82 Å². The van der Waals surface area contributed by atoms with Gasteiger partial charge in [0, 0.05) is 53.0 Å². The Kier molecular flexibility index (Phi) is 7.38. The number of hydrogen-bond donors (Lipinski definition) is 1. The first-order valence-electron chi connectivity index (χ1n) is 8.87. The Morgan fingerprint density at radius 1 is 1.19 bits per heavy atom. The van der Waals surface area contributed by atoms with Crippen LogP contribution in [0.3, 0.4) is 0 Å². The van der Waals surface area contributed by atoms with E-state index in [1.165, 1.54) is 17.8 Å². The molecule has 7 heteroatoms. The number of ether oxygens (including phenoxy) is 1. The number of nitrogens with one attached hydrogen (secondary N) is 1. The van der Waals surface area contributed by atoms with E-state index in [2.05, 4.69) is 10.2 Å². The van der Waals surface area contributed by atoms with Crippen LogP contribution in [-0.2, 0) is 10.5 Å². The summed E-state index contributed by atoms with van der Waals surface area (Å²) in [6.07, 6.45) is 0. The van der Waals surface area contributed by atoms with Gasteiger partial charge in [-0.05, 0) is 36.4 Å². The van der Waals surface area contributed by atoms with E-state index < -0.39 is 0 Å². The fourth-order valence-corrected chi connectivity index (χ4v) is 4.03. The second-order valence-corrected chi connectivity index (χ2v) is 7.67. The highest BCUT2D eigenvalue weighted by molar-refractivity contribution is 7.98. The monoisotopic (exact) mass is 408 g/mol. The summed E-state index contributed by atoms with van der Waals surface area (Å²) in [6, 6.07) is 12.3. The Morgan fingerprint density at radius 2 is 1.93 bits per heavy atom. The van der Waals surface area contributed by atoms with Crippen molar-refractivity contribution in [1.82, 2.24) is 5.32 Å². The standard InChI is InChI=1S/C20H22ClFN2O2S/c21-18-2-1-3-19(22)17(18)14-27-13-8-23-20(25)15-4-6-16(7-5-15)24-9-11-26-12-10-24/h1-7H,8-14H2,(H,23,25). The van der Waals surface area contributed by atoms with Gasteiger partial charge in [-0.3, -0.25) is 4.79 Å². The maximum absolute atomic E-state index is 13.7. The summed E-state index contributed by atoms with van der Waals surface area (Å²) in [5, 5.41) is 3.33. The zero-order valence-corrected chi connectivity index (χ0v) is 16.5. The van der Waals surface area contributed by atoms with E-state index in [1.807, 2.05) is 24.3 Å². The maximum Gasteiger partial charge on any atom is 0.251 e. The molecule has 4 nitrogen and oxygen atoms in total. The lowest BCUT2D eigenvalue weighted by Gasteiger charge is -2.28. The summed E-state index contributed by atoms with van der Waals surface area (Å²) in [7, 11) is 0. The molecule has 1 saturated heterocycles. The first-order chi connectivity index (χ1) is 13.1. The van der Waals surface area contributed by atoms with Crippen LogP contribution < -0.4 is 10.2 Å². The van der Waals surface area contributed by atoms with Crippen molar-refractivity contribution in [3.05, 3.63) is 64.4 Å². The van der Waals surface area contributed by atoms with Crippen LogP contribution >= 0.6 is 23.4 Å². The van der Waals surface area contributed by atoms with Gasteiger partial charge in [-0.25, -0.2) is 4.39 Å². The van der Waals surface area contributed by atoms with Crippen LogP contribution in [0.15, 0.2) is 42.5 Å². The number of carbonyl (C=O) groups is 1. The van der Waals surface area contributed by atoms with Gasteiger partial charge in [0.25, 0.3) is 5.91 Å². The number of halogens is 2. The SMILES string of the molecule is O=C(NCCSCc1c(F)cccc1Cl)c1ccc(N2CCOCC2)cc1. The van der Waals surface area contributed by atoms with E-state index in [4.69, 9.17) is 16.3 Å². The van der Waals surface area contributed by atoms with Gasteiger partial charge in [-0.15, -0.1) is 0 Å². The average molecular weight is 409 g/mol. The first kappa shape index (κ1) is 20.0. The van der Waals surface area contributed by atoms with Crippen molar-refractivity contribution >= 4 is 35.0 Å². The van der Waals surface area contributed by atoms with E-state index in [0.717, 1.165) is 32.0 Å². The molecule has 1 fully saturated rings. The van der Waals surface area contributed by atoms with Gasteiger partial charge >= 0.3 is 0 Å². The van der Waals surface area contributed by atoms with Crippen molar-refractivity contribution in [1.29, 1.82) is 0 Å². The molecule has 0 radical (unpaired) electrons. The van der Waals surface area contributed by atoms with E-state index in [9.17, 15) is 9.18 Å². The van der Waals surface area contributed by atoms with Crippen LogP contribution in [0.2, 0.25) is 5.02 Å². The van der Waals surface area contributed by atoms with Crippen LogP contribution in [0.25, 0.3) is 0 Å². The highest BCUT2D eigenvalue weighted by Crippen LogP contribution is 2.23. The van der Waals surface area contributed by atoms with E-state index in [-0.39, 0.29) is 11.7 Å². The topological polar surface area (TPSA) is 41.6 Å². The third-order valence-corrected chi connectivity index (χ3v) is 5.69. The van der Waals surface area contributed by atoms with Crippen molar-refractivity contribution in [2.24, 2.45) is 0 Å². The van der Waals surface area contributed by atoms with Gasteiger partial charge in [0.2, 0.25) is 0 Å². The van der Waals surface area contributed by atoms with Crippen LogP contribution in [0, 0.1) is 5.82 Å². The molecular formula is C20H22ClFN2O2S. The predicted octanol–water partition coefficient (Wildman–Crippen LogP) is 3.98. The largest absolute Gasteiger partial charge is 0.378 e. The van der Waals surface area contributed by atoms with Crippen molar-refractivity contribution in [3.8, 4) is 0 Å². The molecule has 0 unspecified atom stereocenters. The van der Waals surface area contributed by atoms with Crippen molar-refractivity contribution < 1.29 is 13.9 Å². The molecule has 2 aromatic rings. The maximum atomic E-state index is 13.7. The van der Waals surface area contributed by atoms with Gasteiger partial charge in [-0.1, -0.05) is 17.7 Å². The molecular weight excluding hydrogens is 387 g/mol. The van der Waals surface area contributed by atoms with Gasteiger partial charge < -0.3 is 15.0 Å². The molecule has 1 aliphatic heterocycles. The number of anilines is 1. The van der Waals surface area contributed by atoms with Crippen LogP contribution in [0.5, 0.6) is 0 Å². The normalized spacial score (nSPS) is 14.2. The molecule has 0 saturated carbocycles. The van der Waals surface area contributed by atoms with Gasteiger partial charge in [-0.2, -0.15) is 11.8 Å². The lowest BCUT2D eigenvalue weighted by atomic mass is 10.1. The van der Waals surface area contributed by atoms with Gasteiger partial charge in [0.15, 0.2) is 0 Å². The second kappa shape index (κ2) is 9.97. The summed E-state index contributed by atoms with van der Waals surface area (Å²) in [5.74, 6) is 0.769.